The lowest BCUT2D eigenvalue weighted by Gasteiger charge is -2.22. The number of aliphatic imine (C=N–C) groups is 1. The van der Waals surface area contributed by atoms with Crippen LogP contribution in [0.4, 0.5) is 5.69 Å². The Hall–Kier alpha value is -2.00. The summed E-state index contributed by atoms with van der Waals surface area (Å²) in [4.78, 5) is 6.08. The fraction of sp³-hybridized carbons (Fsp3) is 0.318. The number of thioether (sulfide) groups is 1. The highest BCUT2D eigenvalue weighted by molar-refractivity contribution is 8.02. The van der Waals surface area contributed by atoms with E-state index in [2.05, 4.69) is 66.9 Å². The molecule has 3 heteroatoms. The summed E-state index contributed by atoms with van der Waals surface area (Å²) in [5, 5.41) is 2.26. The summed E-state index contributed by atoms with van der Waals surface area (Å²) in [6, 6.07) is 18.8. The van der Waals surface area contributed by atoms with Crippen molar-refractivity contribution in [1.29, 1.82) is 0 Å². The van der Waals surface area contributed by atoms with Crippen LogP contribution >= 0.6 is 11.8 Å². The fourth-order valence-corrected chi connectivity index (χ4v) is 4.41. The molecular formula is C22H23NOS. The molecule has 1 aliphatic carbocycles. The second kappa shape index (κ2) is 7.49. The lowest BCUT2D eigenvalue weighted by Crippen LogP contribution is -2.20. The molecule has 2 fully saturated rings. The molecule has 25 heavy (non-hydrogen) atoms. The average Bonchev–Trinajstić information content (AvgIpc) is 3.00. The number of hydrogen-bond acceptors (Lipinski definition) is 3. The van der Waals surface area contributed by atoms with Crippen molar-refractivity contribution < 1.29 is 4.74 Å². The maximum atomic E-state index is 6.27. The van der Waals surface area contributed by atoms with E-state index in [1.54, 1.807) is 11.8 Å². The van der Waals surface area contributed by atoms with Crippen LogP contribution in [0.5, 0.6) is 0 Å². The van der Waals surface area contributed by atoms with E-state index in [1.807, 2.05) is 0 Å². The van der Waals surface area contributed by atoms with Gasteiger partial charge < -0.3 is 4.74 Å². The van der Waals surface area contributed by atoms with Gasteiger partial charge in [-0.3, -0.25) is 0 Å². The van der Waals surface area contributed by atoms with Gasteiger partial charge in [0.2, 0.25) is 5.90 Å². The van der Waals surface area contributed by atoms with Crippen LogP contribution in [-0.4, -0.2) is 12.0 Å². The minimum Gasteiger partial charge on any atom is -0.473 e. The first-order valence-corrected chi connectivity index (χ1v) is 9.92. The highest BCUT2D eigenvalue weighted by Gasteiger charge is 2.39. The number of rotatable bonds is 3. The second-order valence-electron chi connectivity index (χ2n) is 6.80. The summed E-state index contributed by atoms with van der Waals surface area (Å²) in [6.07, 6.45) is 5.21. The largest absolute Gasteiger partial charge is 0.473 e. The normalized spacial score (nSPS) is 25.8. The van der Waals surface area contributed by atoms with Gasteiger partial charge in [-0.25, -0.2) is 4.99 Å². The first-order chi connectivity index (χ1) is 12.3. The molecule has 2 unspecified atom stereocenters. The van der Waals surface area contributed by atoms with Crippen molar-refractivity contribution in [2.24, 2.45) is 10.9 Å². The van der Waals surface area contributed by atoms with Crippen molar-refractivity contribution in [2.45, 2.75) is 43.6 Å². The van der Waals surface area contributed by atoms with E-state index in [0.29, 0.717) is 12.0 Å². The lowest BCUT2D eigenvalue weighted by atomic mass is 9.84. The predicted molar refractivity (Wildman–Crippen MR) is 105 cm³/mol. The molecule has 1 saturated carbocycles. The van der Waals surface area contributed by atoms with E-state index >= 15 is 0 Å². The van der Waals surface area contributed by atoms with Gasteiger partial charge in [0.05, 0.1) is 5.69 Å². The number of aryl methyl sites for hydroxylation is 1. The molecule has 2 nitrogen and oxygen atoms in total. The van der Waals surface area contributed by atoms with Crippen LogP contribution in [0.2, 0.25) is 0 Å². The Bertz CT molecular complexity index is 779. The van der Waals surface area contributed by atoms with E-state index in [0.717, 1.165) is 18.0 Å². The van der Waals surface area contributed by atoms with Crippen LogP contribution in [0.25, 0.3) is 0 Å². The van der Waals surface area contributed by atoms with Gasteiger partial charge in [-0.1, -0.05) is 54.1 Å². The van der Waals surface area contributed by atoms with Gasteiger partial charge in [-0.15, -0.1) is 0 Å². The molecule has 0 radical (unpaired) electrons. The van der Waals surface area contributed by atoms with Crippen LogP contribution in [-0.2, 0) is 4.74 Å². The fourth-order valence-electron chi connectivity index (χ4n) is 3.56. The lowest BCUT2D eigenvalue weighted by molar-refractivity contribution is 0.136. The van der Waals surface area contributed by atoms with E-state index in [4.69, 9.17) is 9.73 Å². The van der Waals surface area contributed by atoms with E-state index < -0.39 is 0 Å². The molecule has 4 rings (SSSR count). The van der Waals surface area contributed by atoms with Crippen molar-refractivity contribution in [3.05, 3.63) is 71.1 Å². The van der Waals surface area contributed by atoms with Crippen LogP contribution in [0.1, 0.15) is 31.2 Å². The SMILES string of the molecule is Cc1ccc(/N=C2\OC3CCCCC3\C2=C\Sc2ccccc2)cc1. The molecule has 2 aromatic carbocycles. The predicted octanol–water partition coefficient (Wildman–Crippen LogP) is 6.29. The molecule has 2 aromatic rings. The van der Waals surface area contributed by atoms with Gasteiger partial charge in [-0.2, -0.15) is 0 Å². The Morgan fingerprint density at radius 2 is 1.76 bits per heavy atom. The van der Waals surface area contributed by atoms with Crippen LogP contribution in [0, 0.1) is 12.8 Å². The monoisotopic (exact) mass is 349 g/mol. The molecule has 0 bridgehead atoms. The van der Waals surface area contributed by atoms with E-state index in [1.165, 1.54) is 35.3 Å². The third-order valence-corrected chi connectivity index (χ3v) is 5.86. The number of nitrogens with zero attached hydrogens (tertiary/aromatic N) is 1. The van der Waals surface area contributed by atoms with Crippen LogP contribution < -0.4 is 0 Å². The van der Waals surface area contributed by atoms with Gasteiger partial charge in [-0.05, 0) is 55.9 Å². The van der Waals surface area contributed by atoms with E-state index in [9.17, 15) is 0 Å². The Morgan fingerprint density at radius 1 is 1.00 bits per heavy atom. The zero-order valence-corrected chi connectivity index (χ0v) is 15.3. The summed E-state index contributed by atoms with van der Waals surface area (Å²) in [7, 11) is 0. The molecule has 2 atom stereocenters. The Balaban J connectivity index is 1.64. The Morgan fingerprint density at radius 3 is 2.56 bits per heavy atom. The molecule has 0 N–H and O–H groups in total. The highest BCUT2D eigenvalue weighted by Crippen LogP contribution is 2.41. The number of benzene rings is 2. The summed E-state index contributed by atoms with van der Waals surface area (Å²) < 4.78 is 6.27. The molecule has 1 saturated heterocycles. The molecule has 0 amide bonds. The Labute approximate surface area is 154 Å². The van der Waals surface area contributed by atoms with Crippen molar-refractivity contribution >= 4 is 23.3 Å². The number of fused-ring (bicyclic) bond motifs is 1. The summed E-state index contributed by atoms with van der Waals surface area (Å²) in [6.45, 7) is 2.10. The standard InChI is InChI=1S/C22H23NOS/c1-16-11-13-17(14-12-16)23-22-20(15-25-18-7-3-2-4-8-18)19-9-5-6-10-21(19)24-22/h2-4,7-8,11-15,19,21H,5-6,9-10H2,1H3/b20-15-,23-22-. The second-order valence-corrected chi connectivity index (χ2v) is 7.75. The van der Waals surface area contributed by atoms with Gasteiger partial charge in [0.25, 0.3) is 0 Å². The summed E-state index contributed by atoms with van der Waals surface area (Å²) in [5.41, 5.74) is 3.49. The van der Waals surface area contributed by atoms with Gasteiger partial charge in [0, 0.05) is 16.4 Å². The maximum Gasteiger partial charge on any atom is 0.218 e. The smallest absolute Gasteiger partial charge is 0.218 e. The van der Waals surface area contributed by atoms with Gasteiger partial charge in [0.15, 0.2) is 0 Å². The molecule has 2 aliphatic rings. The van der Waals surface area contributed by atoms with Crippen molar-refractivity contribution in [3.8, 4) is 0 Å². The van der Waals surface area contributed by atoms with Crippen molar-refractivity contribution in [2.75, 3.05) is 0 Å². The van der Waals surface area contributed by atoms with E-state index in [-0.39, 0.29) is 0 Å². The van der Waals surface area contributed by atoms with Crippen LogP contribution in [0.15, 0.2) is 75.5 Å². The zero-order valence-electron chi connectivity index (χ0n) is 14.5. The number of ether oxygens (including phenoxy) is 1. The first-order valence-electron chi connectivity index (χ1n) is 9.04. The van der Waals surface area contributed by atoms with Crippen molar-refractivity contribution in [1.82, 2.24) is 0 Å². The third kappa shape index (κ3) is 3.82. The molecular weight excluding hydrogens is 326 g/mol. The van der Waals surface area contributed by atoms with Gasteiger partial charge >= 0.3 is 0 Å². The third-order valence-electron chi connectivity index (χ3n) is 4.94. The Kier molecular flexibility index (Phi) is 4.93. The minimum absolute atomic E-state index is 0.306. The first kappa shape index (κ1) is 16.5. The highest BCUT2D eigenvalue weighted by atomic mass is 32.2. The average molecular weight is 349 g/mol. The maximum absolute atomic E-state index is 6.27. The summed E-state index contributed by atoms with van der Waals surface area (Å²) in [5.74, 6) is 1.32. The quantitative estimate of drug-likeness (QED) is 0.607. The molecule has 128 valence electrons. The van der Waals surface area contributed by atoms with Gasteiger partial charge in [0.1, 0.15) is 6.10 Å². The topological polar surface area (TPSA) is 21.6 Å². The zero-order chi connectivity index (χ0) is 17.1. The number of hydrogen-bond donors (Lipinski definition) is 0. The molecule has 0 aromatic heterocycles. The molecule has 0 spiro atoms. The minimum atomic E-state index is 0.306. The summed E-state index contributed by atoms with van der Waals surface area (Å²) >= 11 is 1.77. The van der Waals surface area contributed by atoms with Crippen molar-refractivity contribution in [3.63, 3.8) is 0 Å². The molecule has 1 heterocycles. The van der Waals surface area contributed by atoms with Crippen LogP contribution in [0.3, 0.4) is 0 Å². The molecule has 1 aliphatic heterocycles.